The van der Waals surface area contributed by atoms with E-state index in [1.165, 1.54) is 44.8 Å². The van der Waals surface area contributed by atoms with E-state index < -0.39 is 6.23 Å². The van der Waals surface area contributed by atoms with Crippen LogP contribution in [0.2, 0.25) is 0 Å². The van der Waals surface area contributed by atoms with Gasteiger partial charge in [-0.1, -0.05) is 30.0 Å². The van der Waals surface area contributed by atoms with Crippen LogP contribution in [-0.4, -0.2) is 87.1 Å². The number of aliphatic hydroxyl groups excluding tert-OH is 1. The second kappa shape index (κ2) is 11.2. The zero-order valence-electron chi connectivity index (χ0n) is 19.5. The molecule has 0 radical (unpaired) electrons. The fraction of sp³-hybridized carbons (Fsp3) is 0.417. The molecule has 1 amide bonds. The van der Waals surface area contributed by atoms with E-state index in [-0.39, 0.29) is 36.6 Å². The number of benzene rings is 1. The van der Waals surface area contributed by atoms with Gasteiger partial charge < -0.3 is 14.7 Å². The number of hydrogen-bond donors (Lipinski definition) is 1. The van der Waals surface area contributed by atoms with Gasteiger partial charge >= 0.3 is 0 Å². The second-order valence-corrected chi connectivity index (χ2v) is 10.6. The Kier molecular flexibility index (Phi) is 7.77. The highest BCUT2D eigenvalue weighted by Gasteiger charge is 2.38. The van der Waals surface area contributed by atoms with Gasteiger partial charge in [-0.05, 0) is 29.1 Å². The summed E-state index contributed by atoms with van der Waals surface area (Å²) < 4.78 is 19.9. The normalized spacial score (nSPS) is 20.7. The third-order valence-electron chi connectivity index (χ3n) is 6.22. The first kappa shape index (κ1) is 25.0. The smallest absolute Gasteiger partial charge is 0.290 e. The molecule has 2 aromatic heterocycles. The van der Waals surface area contributed by atoms with Gasteiger partial charge in [-0.3, -0.25) is 14.5 Å². The van der Waals surface area contributed by atoms with Gasteiger partial charge in [0.05, 0.1) is 24.6 Å². The highest BCUT2D eigenvalue weighted by atomic mass is 32.2. The Hall–Kier alpha value is -2.64. The van der Waals surface area contributed by atoms with Crippen molar-refractivity contribution in [2.45, 2.75) is 29.5 Å². The van der Waals surface area contributed by atoms with E-state index in [4.69, 9.17) is 4.74 Å². The number of hydrogen-bond acceptors (Lipinski definition) is 9. The Morgan fingerprint density at radius 3 is 2.69 bits per heavy atom. The van der Waals surface area contributed by atoms with Gasteiger partial charge in [0.1, 0.15) is 12.0 Å². The molecule has 4 heterocycles. The predicted octanol–water partition coefficient (Wildman–Crippen LogP) is 2.43. The van der Waals surface area contributed by atoms with Crippen LogP contribution in [0, 0.1) is 5.82 Å². The van der Waals surface area contributed by atoms with Gasteiger partial charge in [0.2, 0.25) is 5.91 Å². The molecule has 3 aromatic rings. The van der Waals surface area contributed by atoms with E-state index in [0.29, 0.717) is 54.3 Å². The summed E-state index contributed by atoms with van der Waals surface area (Å²) >= 11 is 2.65. The van der Waals surface area contributed by atoms with Gasteiger partial charge in [-0.2, -0.15) is 4.68 Å². The van der Waals surface area contributed by atoms with Crippen molar-refractivity contribution >= 4 is 34.9 Å². The van der Waals surface area contributed by atoms with E-state index in [9.17, 15) is 19.1 Å². The number of carbonyl (C=O) groups is 2. The van der Waals surface area contributed by atoms with E-state index >= 15 is 0 Å². The van der Waals surface area contributed by atoms with E-state index in [1.807, 2.05) is 10.3 Å². The highest BCUT2D eigenvalue weighted by molar-refractivity contribution is 7.98. The van der Waals surface area contributed by atoms with E-state index in [1.54, 1.807) is 24.3 Å². The van der Waals surface area contributed by atoms with Crippen LogP contribution in [0.25, 0.3) is 0 Å². The molecule has 0 spiro atoms. The number of thioether (sulfide) groups is 1. The van der Waals surface area contributed by atoms with Crippen molar-refractivity contribution in [1.29, 1.82) is 0 Å². The molecular weight excluding hydrogens is 505 g/mol. The lowest BCUT2D eigenvalue weighted by Crippen LogP contribution is -2.46. The Labute approximate surface area is 215 Å². The van der Waals surface area contributed by atoms with E-state index in [2.05, 4.69) is 10.1 Å². The number of rotatable bonds is 7. The number of carbonyl (C=O) groups excluding carboxylic acids is 2. The zero-order chi connectivity index (χ0) is 25.1. The van der Waals surface area contributed by atoms with Crippen LogP contribution >= 0.6 is 23.1 Å². The van der Waals surface area contributed by atoms with Crippen molar-refractivity contribution < 1.29 is 23.8 Å². The van der Waals surface area contributed by atoms with Crippen LogP contribution < -0.4 is 0 Å². The maximum atomic E-state index is 13.3. The van der Waals surface area contributed by atoms with Crippen LogP contribution in [0.1, 0.15) is 33.4 Å². The molecule has 36 heavy (non-hydrogen) atoms. The van der Waals surface area contributed by atoms with Crippen molar-refractivity contribution in [3.8, 4) is 0 Å². The van der Waals surface area contributed by atoms with Crippen molar-refractivity contribution in [3.63, 3.8) is 0 Å². The summed E-state index contributed by atoms with van der Waals surface area (Å²) in [4.78, 5) is 34.7. The summed E-state index contributed by atoms with van der Waals surface area (Å²) in [6.45, 7) is 3.07. The number of likely N-dealkylation sites (tertiary alicyclic amines) is 1. The standard InChI is InChI=1S/C24H26FN5O4S2/c25-18-5-3-16(4-6-18)15-36-24-26-22(27-30(24)23(33)19-2-1-11-35-19)17-12-20(31)29(13-17)21(32)14-28-7-9-34-10-8-28/h1-6,11,17,20,31H,7-10,12-15H2. The number of thiophene rings is 1. The lowest BCUT2D eigenvalue weighted by Gasteiger charge is -2.29. The maximum absolute atomic E-state index is 13.3. The summed E-state index contributed by atoms with van der Waals surface area (Å²) in [5.41, 5.74) is 0.886. The minimum Gasteiger partial charge on any atom is -0.379 e. The molecule has 5 rings (SSSR count). The van der Waals surface area contributed by atoms with Crippen LogP contribution in [0.4, 0.5) is 4.39 Å². The van der Waals surface area contributed by atoms with Gasteiger partial charge in [-0.25, -0.2) is 9.37 Å². The fourth-order valence-electron chi connectivity index (χ4n) is 4.26. The average molecular weight is 532 g/mol. The number of aromatic nitrogens is 3. The van der Waals surface area contributed by atoms with Gasteiger partial charge in [-0.15, -0.1) is 16.4 Å². The first-order valence-electron chi connectivity index (χ1n) is 11.7. The largest absolute Gasteiger partial charge is 0.379 e. The first-order chi connectivity index (χ1) is 17.5. The van der Waals surface area contributed by atoms with Crippen LogP contribution in [0.5, 0.6) is 0 Å². The third kappa shape index (κ3) is 5.68. The lowest BCUT2D eigenvalue weighted by molar-refractivity contribution is -0.140. The molecule has 0 aliphatic carbocycles. The van der Waals surface area contributed by atoms with Crippen molar-refractivity contribution in [3.05, 3.63) is 63.9 Å². The Morgan fingerprint density at radius 2 is 1.97 bits per heavy atom. The third-order valence-corrected chi connectivity index (χ3v) is 8.08. The molecule has 2 fully saturated rings. The molecule has 1 aromatic carbocycles. The minimum atomic E-state index is -0.932. The predicted molar refractivity (Wildman–Crippen MR) is 132 cm³/mol. The number of ether oxygens (including phenoxy) is 1. The number of halogens is 1. The quantitative estimate of drug-likeness (QED) is 0.464. The zero-order valence-corrected chi connectivity index (χ0v) is 21.1. The van der Waals surface area contributed by atoms with Crippen molar-refractivity contribution in [1.82, 2.24) is 24.6 Å². The molecule has 0 saturated carbocycles. The minimum absolute atomic E-state index is 0.146. The highest BCUT2D eigenvalue weighted by Crippen LogP contribution is 2.32. The SMILES string of the molecule is O=C(CN1CCOCC1)N1CC(c2nc(SCc3ccc(F)cc3)n(C(=O)c3cccs3)n2)CC1O. The number of nitrogens with zero attached hydrogens (tertiary/aromatic N) is 5. The molecule has 2 saturated heterocycles. The Bertz CT molecular complexity index is 1200. The molecule has 190 valence electrons. The number of amides is 1. The first-order valence-corrected chi connectivity index (χ1v) is 13.5. The molecule has 12 heteroatoms. The summed E-state index contributed by atoms with van der Waals surface area (Å²) in [6.07, 6.45) is -0.632. The topological polar surface area (TPSA) is 101 Å². The Morgan fingerprint density at radius 1 is 1.19 bits per heavy atom. The molecule has 9 nitrogen and oxygen atoms in total. The monoisotopic (exact) mass is 531 g/mol. The molecular formula is C24H26FN5O4S2. The van der Waals surface area contributed by atoms with Gasteiger partial charge in [0.25, 0.3) is 5.91 Å². The van der Waals surface area contributed by atoms with Crippen LogP contribution in [0.15, 0.2) is 46.9 Å². The molecule has 2 aliphatic rings. The molecule has 2 unspecified atom stereocenters. The summed E-state index contributed by atoms with van der Waals surface area (Å²) in [7, 11) is 0. The maximum Gasteiger partial charge on any atom is 0.290 e. The van der Waals surface area contributed by atoms with Gasteiger partial charge in [0, 0.05) is 37.7 Å². The number of morpholine rings is 1. The lowest BCUT2D eigenvalue weighted by atomic mass is 10.1. The number of aliphatic hydroxyl groups is 1. The molecule has 1 N–H and O–H groups in total. The van der Waals surface area contributed by atoms with Crippen molar-refractivity contribution in [2.75, 3.05) is 39.4 Å². The molecule has 2 aliphatic heterocycles. The summed E-state index contributed by atoms with van der Waals surface area (Å²) in [6, 6.07) is 9.70. The molecule has 2 atom stereocenters. The second-order valence-electron chi connectivity index (χ2n) is 8.71. The summed E-state index contributed by atoms with van der Waals surface area (Å²) in [5.74, 6) is -0.141. The fourth-order valence-corrected chi connectivity index (χ4v) is 5.80. The summed E-state index contributed by atoms with van der Waals surface area (Å²) in [5, 5.41) is 17.4. The Balaban J connectivity index is 1.33. The van der Waals surface area contributed by atoms with Gasteiger partial charge in [0.15, 0.2) is 11.0 Å². The van der Waals surface area contributed by atoms with Crippen LogP contribution in [-0.2, 0) is 15.3 Å². The van der Waals surface area contributed by atoms with Crippen molar-refractivity contribution in [2.24, 2.45) is 0 Å². The average Bonchev–Trinajstić information content (AvgIpc) is 3.64. The van der Waals surface area contributed by atoms with Crippen LogP contribution in [0.3, 0.4) is 0 Å². The van der Waals surface area contributed by atoms with E-state index in [0.717, 1.165) is 5.56 Å². The molecule has 0 bridgehead atoms.